The number of hydrogen-bond acceptors (Lipinski definition) is 1. The molecule has 0 aliphatic heterocycles. The molecule has 1 nitrogen and oxygen atoms in total. The van der Waals surface area contributed by atoms with Gasteiger partial charge in [-0.05, 0) is 40.5 Å². The molecule has 0 aliphatic carbocycles. The Kier molecular flexibility index (Phi) is 3.57. The topological polar surface area (TPSA) is 17.1 Å². The van der Waals surface area contributed by atoms with Gasteiger partial charge < -0.3 is 0 Å². The molecule has 0 saturated carbocycles. The van der Waals surface area contributed by atoms with Gasteiger partial charge in [0, 0.05) is 5.56 Å². The lowest BCUT2D eigenvalue weighted by atomic mass is 9.99. The van der Waals surface area contributed by atoms with Gasteiger partial charge in [-0.2, -0.15) is 0 Å². The smallest absolute Gasteiger partial charge is 0.196 e. The van der Waals surface area contributed by atoms with Crippen LogP contribution in [0.3, 0.4) is 0 Å². The summed E-state index contributed by atoms with van der Waals surface area (Å²) in [5, 5.41) is 0. The van der Waals surface area contributed by atoms with Crippen molar-refractivity contribution < 1.29 is 13.6 Å². The van der Waals surface area contributed by atoms with Gasteiger partial charge in [-0.15, -0.1) is 0 Å². The number of benzene rings is 2. The number of carbonyl (C=O) groups excluding carboxylic acids is 1. The summed E-state index contributed by atoms with van der Waals surface area (Å²) in [4.78, 5) is 12.1. The Hall–Kier alpha value is -1.55. The molecule has 0 heterocycles. The summed E-state index contributed by atoms with van der Waals surface area (Å²) in [5.41, 5.74) is 0.841. The fourth-order valence-corrected chi connectivity index (χ4v) is 1.98. The fourth-order valence-electron chi connectivity index (χ4n) is 1.67. The highest BCUT2D eigenvalue weighted by molar-refractivity contribution is 9.10. The average Bonchev–Trinajstić information content (AvgIpc) is 2.33. The van der Waals surface area contributed by atoms with Crippen molar-refractivity contribution >= 4 is 21.7 Å². The van der Waals surface area contributed by atoms with E-state index in [9.17, 15) is 13.6 Å². The van der Waals surface area contributed by atoms with Crippen molar-refractivity contribution in [3.8, 4) is 0 Å². The van der Waals surface area contributed by atoms with Crippen LogP contribution in [0.1, 0.15) is 21.5 Å². The molecule has 2 aromatic carbocycles. The fraction of sp³-hybridized carbons (Fsp3) is 0.0714. The number of aryl methyl sites for hydroxylation is 1. The maximum atomic E-state index is 13.7. The minimum Gasteiger partial charge on any atom is -0.288 e. The zero-order valence-electron chi connectivity index (χ0n) is 9.51. The van der Waals surface area contributed by atoms with Gasteiger partial charge in [-0.1, -0.05) is 24.3 Å². The molecule has 2 aromatic rings. The van der Waals surface area contributed by atoms with Gasteiger partial charge >= 0.3 is 0 Å². The van der Waals surface area contributed by atoms with E-state index in [1.165, 1.54) is 0 Å². The number of rotatable bonds is 2. The van der Waals surface area contributed by atoms with Crippen LogP contribution in [0.15, 0.2) is 40.9 Å². The van der Waals surface area contributed by atoms with E-state index in [-0.39, 0.29) is 10.0 Å². The molecule has 4 heteroatoms. The quantitative estimate of drug-likeness (QED) is 0.598. The van der Waals surface area contributed by atoms with Crippen LogP contribution >= 0.6 is 15.9 Å². The van der Waals surface area contributed by atoms with E-state index in [2.05, 4.69) is 15.9 Å². The summed E-state index contributed by atoms with van der Waals surface area (Å²) in [7, 11) is 0. The first kappa shape index (κ1) is 12.9. The van der Waals surface area contributed by atoms with E-state index in [1.807, 2.05) is 0 Å². The highest BCUT2D eigenvalue weighted by Gasteiger charge is 2.18. The zero-order chi connectivity index (χ0) is 13.3. The third kappa shape index (κ3) is 2.34. The number of hydrogen-bond donors (Lipinski definition) is 0. The molecule has 0 aliphatic rings. The molecule has 0 radical (unpaired) electrons. The Morgan fingerprint density at radius 2 is 1.72 bits per heavy atom. The third-order valence-corrected chi connectivity index (χ3v) is 3.25. The molecule has 0 spiro atoms. The first-order chi connectivity index (χ1) is 8.50. The molecular weight excluding hydrogens is 302 g/mol. The first-order valence-corrected chi connectivity index (χ1v) is 6.05. The number of halogens is 3. The molecule has 92 valence electrons. The lowest BCUT2D eigenvalue weighted by Crippen LogP contribution is -2.07. The van der Waals surface area contributed by atoms with Gasteiger partial charge in [0.2, 0.25) is 0 Å². The second-order valence-electron chi connectivity index (χ2n) is 3.89. The van der Waals surface area contributed by atoms with Crippen molar-refractivity contribution in [3.05, 3.63) is 69.2 Å². The number of ketones is 1. The van der Waals surface area contributed by atoms with E-state index in [1.54, 1.807) is 31.2 Å². The van der Waals surface area contributed by atoms with Crippen molar-refractivity contribution in [1.82, 2.24) is 0 Å². The Bertz CT molecular complexity index is 623. The molecule has 0 saturated heterocycles. The van der Waals surface area contributed by atoms with Gasteiger partial charge in [0.1, 0.15) is 11.6 Å². The van der Waals surface area contributed by atoms with Crippen molar-refractivity contribution in [2.45, 2.75) is 6.92 Å². The molecule has 0 bridgehead atoms. The van der Waals surface area contributed by atoms with Crippen molar-refractivity contribution in [2.24, 2.45) is 0 Å². The minimum atomic E-state index is -0.739. The number of carbonyl (C=O) groups is 1. The summed E-state index contributed by atoms with van der Waals surface area (Å²) in [6.45, 7) is 1.75. The molecule has 0 N–H and O–H groups in total. The van der Waals surface area contributed by atoms with Crippen molar-refractivity contribution in [2.75, 3.05) is 0 Å². The van der Waals surface area contributed by atoms with Crippen LogP contribution in [-0.2, 0) is 0 Å². The largest absolute Gasteiger partial charge is 0.288 e. The molecule has 2 rings (SSSR count). The van der Waals surface area contributed by atoms with Crippen LogP contribution in [0.2, 0.25) is 0 Å². The molecule has 18 heavy (non-hydrogen) atoms. The SMILES string of the molecule is Cc1ccccc1C(=O)c1cc(F)c(Br)cc1F. The van der Waals surface area contributed by atoms with Crippen molar-refractivity contribution in [3.63, 3.8) is 0 Å². The summed E-state index contributed by atoms with van der Waals surface area (Å²) < 4.78 is 27.1. The van der Waals surface area contributed by atoms with Gasteiger partial charge in [-0.25, -0.2) is 8.78 Å². The first-order valence-electron chi connectivity index (χ1n) is 5.25. The Balaban J connectivity index is 2.53. The average molecular weight is 311 g/mol. The molecule has 0 fully saturated rings. The standard InChI is InChI=1S/C14H9BrF2O/c1-8-4-2-3-5-9(8)14(18)10-6-13(17)11(15)7-12(10)16/h2-7H,1H3. The summed E-state index contributed by atoms with van der Waals surface area (Å²) in [5.74, 6) is -1.91. The van der Waals surface area contributed by atoms with E-state index in [0.29, 0.717) is 5.56 Å². The normalized spacial score (nSPS) is 10.4. The van der Waals surface area contributed by atoms with Crippen LogP contribution in [0.4, 0.5) is 8.78 Å². The van der Waals surface area contributed by atoms with E-state index >= 15 is 0 Å². The third-order valence-electron chi connectivity index (χ3n) is 2.64. The maximum Gasteiger partial charge on any atom is 0.196 e. The van der Waals surface area contributed by atoms with Gasteiger partial charge in [-0.3, -0.25) is 4.79 Å². The zero-order valence-corrected chi connectivity index (χ0v) is 11.1. The summed E-state index contributed by atoms with van der Waals surface area (Å²) in [6, 6.07) is 8.68. The highest BCUT2D eigenvalue weighted by Crippen LogP contribution is 2.23. The summed E-state index contributed by atoms with van der Waals surface area (Å²) in [6.07, 6.45) is 0. The molecule has 0 amide bonds. The Labute approximate surface area is 112 Å². The second-order valence-corrected chi connectivity index (χ2v) is 4.74. The Morgan fingerprint density at radius 1 is 1.06 bits per heavy atom. The van der Waals surface area contributed by atoms with Crippen molar-refractivity contribution in [1.29, 1.82) is 0 Å². The lowest BCUT2D eigenvalue weighted by Gasteiger charge is -2.06. The van der Waals surface area contributed by atoms with Crippen LogP contribution in [0.25, 0.3) is 0 Å². The monoisotopic (exact) mass is 310 g/mol. The van der Waals surface area contributed by atoms with Crippen LogP contribution in [-0.4, -0.2) is 5.78 Å². The molecular formula is C14H9BrF2O. The lowest BCUT2D eigenvalue weighted by molar-refractivity contribution is 0.103. The van der Waals surface area contributed by atoms with Gasteiger partial charge in [0.25, 0.3) is 0 Å². The summed E-state index contributed by atoms with van der Waals surface area (Å²) >= 11 is 2.87. The van der Waals surface area contributed by atoms with E-state index in [4.69, 9.17) is 0 Å². The van der Waals surface area contributed by atoms with Crippen LogP contribution in [0, 0.1) is 18.6 Å². The predicted molar refractivity (Wildman–Crippen MR) is 68.7 cm³/mol. The Morgan fingerprint density at radius 3 is 2.39 bits per heavy atom. The highest BCUT2D eigenvalue weighted by atomic mass is 79.9. The molecule has 0 aromatic heterocycles. The minimum absolute atomic E-state index is 0.00123. The van der Waals surface area contributed by atoms with E-state index in [0.717, 1.165) is 17.7 Å². The van der Waals surface area contributed by atoms with Crippen LogP contribution < -0.4 is 0 Å². The van der Waals surface area contributed by atoms with E-state index < -0.39 is 17.4 Å². The van der Waals surface area contributed by atoms with Crippen LogP contribution in [0.5, 0.6) is 0 Å². The second kappa shape index (κ2) is 4.98. The van der Waals surface area contributed by atoms with Gasteiger partial charge in [0.15, 0.2) is 5.78 Å². The predicted octanol–water partition coefficient (Wildman–Crippen LogP) is 4.27. The maximum absolute atomic E-state index is 13.7. The molecule has 0 unspecified atom stereocenters. The van der Waals surface area contributed by atoms with Gasteiger partial charge in [0.05, 0.1) is 10.0 Å². The molecule has 0 atom stereocenters.